The molecule has 0 rings (SSSR count). The Balaban J connectivity index is 3.63. The number of carboxylic acid groups (broad SMARTS) is 1. The van der Waals surface area contributed by atoms with E-state index in [0.29, 0.717) is 25.7 Å². The summed E-state index contributed by atoms with van der Waals surface area (Å²) in [4.78, 5) is 22.6. The summed E-state index contributed by atoms with van der Waals surface area (Å²) in [6, 6.07) is 0. The first-order valence-corrected chi connectivity index (χ1v) is 7.52. The minimum Gasteiger partial charge on any atom is -0.481 e. The van der Waals surface area contributed by atoms with Crippen LogP contribution in [0, 0.1) is 5.41 Å². The van der Waals surface area contributed by atoms with Gasteiger partial charge < -0.3 is 10.2 Å². The minimum absolute atomic E-state index is 0.244. The van der Waals surface area contributed by atoms with Crippen molar-refractivity contribution in [2.24, 2.45) is 5.41 Å². The Morgan fingerprint density at radius 2 is 1.30 bits per heavy atom. The molecule has 0 fully saturated rings. The van der Waals surface area contributed by atoms with Crippen molar-refractivity contribution in [3.05, 3.63) is 0 Å². The van der Waals surface area contributed by atoms with E-state index in [2.05, 4.69) is 0 Å². The van der Waals surface area contributed by atoms with Crippen LogP contribution in [0.5, 0.6) is 0 Å². The van der Waals surface area contributed by atoms with Crippen molar-refractivity contribution >= 4 is 11.8 Å². The molecule has 0 aliphatic carbocycles. The van der Waals surface area contributed by atoms with E-state index >= 15 is 0 Å². The van der Waals surface area contributed by atoms with Crippen LogP contribution in [-0.4, -0.2) is 27.6 Å². The lowest BCUT2D eigenvalue weighted by molar-refractivity contribution is -0.147. The van der Waals surface area contributed by atoms with Gasteiger partial charge in [0.2, 0.25) is 0 Å². The van der Waals surface area contributed by atoms with Crippen LogP contribution >= 0.6 is 0 Å². The molecule has 2 N–H and O–H groups in total. The number of hydrogen-bond acceptors (Lipinski definition) is 3. The van der Waals surface area contributed by atoms with E-state index in [1.165, 1.54) is 0 Å². The Labute approximate surface area is 122 Å². The van der Waals surface area contributed by atoms with Crippen molar-refractivity contribution < 1.29 is 19.8 Å². The first-order valence-electron chi connectivity index (χ1n) is 7.52. The zero-order valence-electron chi connectivity index (χ0n) is 13.4. The molecular weight excluding hydrogens is 256 g/mol. The lowest BCUT2D eigenvalue weighted by Crippen LogP contribution is -2.23. The highest BCUT2D eigenvalue weighted by atomic mass is 16.4. The van der Waals surface area contributed by atoms with E-state index in [9.17, 15) is 14.7 Å². The average Bonchev–Trinajstić information content (AvgIpc) is 2.29. The van der Waals surface area contributed by atoms with E-state index in [-0.39, 0.29) is 5.78 Å². The smallest absolute Gasteiger partial charge is 0.309 e. The zero-order valence-corrected chi connectivity index (χ0v) is 13.4. The topological polar surface area (TPSA) is 74.6 Å². The molecule has 0 bridgehead atoms. The Morgan fingerprint density at radius 1 is 0.850 bits per heavy atom. The van der Waals surface area contributed by atoms with Crippen molar-refractivity contribution in [3.8, 4) is 0 Å². The molecule has 0 aliphatic heterocycles. The van der Waals surface area contributed by atoms with Crippen molar-refractivity contribution in [2.45, 2.75) is 84.7 Å². The molecule has 0 aromatic carbocycles. The number of Topliss-reactive ketones (excluding diaryl/α,β-unsaturated/α-hetero) is 1. The Kier molecular flexibility index (Phi) is 8.02. The highest BCUT2D eigenvalue weighted by Gasteiger charge is 2.26. The first kappa shape index (κ1) is 19.1. The van der Waals surface area contributed by atoms with Crippen molar-refractivity contribution in [1.82, 2.24) is 0 Å². The molecule has 0 unspecified atom stereocenters. The quantitative estimate of drug-likeness (QED) is 0.569. The fraction of sp³-hybridized carbons (Fsp3) is 0.875. The summed E-state index contributed by atoms with van der Waals surface area (Å²) in [5, 5.41) is 18.5. The van der Waals surface area contributed by atoms with E-state index < -0.39 is 17.0 Å². The van der Waals surface area contributed by atoms with Crippen LogP contribution in [-0.2, 0) is 9.59 Å². The molecule has 0 aromatic rings. The molecular formula is C16H30O4. The summed E-state index contributed by atoms with van der Waals surface area (Å²) in [5.74, 6) is -0.538. The third-order valence-corrected chi connectivity index (χ3v) is 3.58. The molecule has 0 heterocycles. The molecule has 4 heteroatoms. The van der Waals surface area contributed by atoms with Gasteiger partial charge in [0.1, 0.15) is 5.78 Å². The van der Waals surface area contributed by atoms with E-state index in [1.807, 2.05) is 0 Å². The molecule has 0 spiro atoms. The maximum Gasteiger partial charge on any atom is 0.309 e. The van der Waals surface area contributed by atoms with Gasteiger partial charge in [-0.05, 0) is 53.4 Å². The number of carbonyl (C=O) groups is 2. The lowest BCUT2D eigenvalue weighted by Gasteiger charge is -2.18. The summed E-state index contributed by atoms with van der Waals surface area (Å²) >= 11 is 0. The maximum absolute atomic E-state index is 11.6. The van der Waals surface area contributed by atoms with E-state index in [1.54, 1.807) is 27.7 Å². The molecule has 0 radical (unpaired) electrons. The second-order valence-electron chi connectivity index (χ2n) is 6.95. The summed E-state index contributed by atoms with van der Waals surface area (Å²) < 4.78 is 0. The lowest BCUT2D eigenvalue weighted by atomic mass is 9.87. The number of ketones is 1. The largest absolute Gasteiger partial charge is 0.481 e. The van der Waals surface area contributed by atoms with Gasteiger partial charge in [-0.3, -0.25) is 9.59 Å². The number of unbranched alkanes of at least 4 members (excludes halogenated alkanes) is 2. The molecule has 0 aliphatic rings. The summed E-state index contributed by atoms with van der Waals surface area (Å²) in [6.45, 7) is 6.99. The molecule has 0 aromatic heterocycles. The molecule has 118 valence electrons. The zero-order chi connectivity index (χ0) is 15.8. The van der Waals surface area contributed by atoms with Gasteiger partial charge in [0.05, 0.1) is 11.0 Å². The van der Waals surface area contributed by atoms with E-state index in [4.69, 9.17) is 5.11 Å². The Bertz CT molecular complexity index is 313. The second-order valence-corrected chi connectivity index (χ2v) is 6.95. The van der Waals surface area contributed by atoms with Gasteiger partial charge in [-0.1, -0.05) is 12.8 Å². The average molecular weight is 286 g/mol. The van der Waals surface area contributed by atoms with Gasteiger partial charge in [0.25, 0.3) is 0 Å². The Morgan fingerprint density at radius 3 is 1.70 bits per heavy atom. The standard InChI is InChI=1S/C16H30O4/c1-15(2,14(18)19)11-7-5-9-13(17)10-6-8-12-16(3,4)20/h20H,5-12H2,1-4H3,(H,18,19). The maximum atomic E-state index is 11.6. The normalized spacial score (nSPS) is 12.4. The highest BCUT2D eigenvalue weighted by molar-refractivity contribution is 5.78. The van der Waals surface area contributed by atoms with Crippen LogP contribution in [0.4, 0.5) is 0 Å². The van der Waals surface area contributed by atoms with Gasteiger partial charge in [0.15, 0.2) is 0 Å². The number of hydrogen-bond donors (Lipinski definition) is 2. The highest BCUT2D eigenvalue weighted by Crippen LogP contribution is 2.24. The van der Waals surface area contributed by atoms with Gasteiger partial charge >= 0.3 is 5.97 Å². The Hall–Kier alpha value is -0.900. The van der Waals surface area contributed by atoms with Crippen LogP contribution in [0.15, 0.2) is 0 Å². The van der Waals surface area contributed by atoms with Gasteiger partial charge in [-0.2, -0.15) is 0 Å². The van der Waals surface area contributed by atoms with Gasteiger partial charge in [-0.25, -0.2) is 0 Å². The fourth-order valence-corrected chi connectivity index (χ4v) is 2.00. The van der Waals surface area contributed by atoms with Crippen LogP contribution in [0.25, 0.3) is 0 Å². The summed E-state index contributed by atoms with van der Waals surface area (Å²) in [7, 11) is 0. The van der Waals surface area contributed by atoms with Crippen LogP contribution in [0.1, 0.15) is 79.1 Å². The van der Waals surface area contributed by atoms with Crippen LogP contribution in [0.3, 0.4) is 0 Å². The predicted molar refractivity (Wildman–Crippen MR) is 79.7 cm³/mol. The monoisotopic (exact) mass is 286 g/mol. The van der Waals surface area contributed by atoms with Gasteiger partial charge in [0, 0.05) is 12.8 Å². The molecule has 0 saturated carbocycles. The second kappa shape index (κ2) is 8.40. The van der Waals surface area contributed by atoms with Gasteiger partial charge in [-0.15, -0.1) is 0 Å². The number of rotatable bonds is 11. The third-order valence-electron chi connectivity index (χ3n) is 3.58. The SMILES string of the molecule is CC(C)(O)CCCCC(=O)CCCCC(C)(C)C(=O)O. The summed E-state index contributed by atoms with van der Waals surface area (Å²) in [6.07, 6.45) is 5.65. The van der Waals surface area contributed by atoms with Crippen LogP contribution in [0.2, 0.25) is 0 Å². The predicted octanol–water partition coefficient (Wildman–Crippen LogP) is 3.56. The molecule has 0 atom stereocenters. The number of carboxylic acids is 1. The van der Waals surface area contributed by atoms with Crippen molar-refractivity contribution in [2.75, 3.05) is 0 Å². The fourth-order valence-electron chi connectivity index (χ4n) is 2.00. The first-order chi connectivity index (χ1) is 9.04. The van der Waals surface area contributed by atoms with Crippen molar-refractivity contribution in [3.63, 3.8) is 0 Å². The van der Waals surface area contributed by atoms with Crippen molar-refractivity contribution in [1.29, 1.82) is 0 Å². The molecule has 0 amide bonds. The molecule has 0 saturated heterocycles. The number of aliphatic hydroxyl groups is 1. The third kappa shape index (κ3) is 9.96. The minimum atomic E-state index is -0.782. The van der Waals surface area contributed by atoms with E-state index in [0.717, 1.165) is 25.7 Å². The number of aliphatic carboxylic acids is 1. The summed E-state index contributed by atoms with van der Waals surface area (Å²) in [5.41, 5.74) is -1.35. The number of carbonyl (C=O) groups excluding carboxylic acids is 1. The molecule has 4 nitrogen and oxygen atoms in total. The van der Waals surface area contributed by atoms with Crippen LogP contribution < -0.4 is 0 Å². The molecule has 20 heavy (non-hydrogen) atoms.